The maximum absolute atomic E-state index is 12.8. The van der Waals surface area contributed by atoms with E-state index in [0.717, 1.165) is 16.7 Å². The highest BCUT2D eigenvalue weighted by molar-refractivity contribution is 8.18. The molecule has 14 heteroatoms. The van der Waals surface area contributed by atoms with Gasteiger partial charge in [0.25, 0.3) is 16.8 Å². The van der Waals surface area contributed by atoms with Gasteiger partial charge < -0.3 is 15.2 Å². The van der Waals surface area contributed by atoms with Crippen LogP contribution in [0.1, 0.15) is 22.8 Å². The fraction of sp³-hybridized carbons (Fsp3) is 0.217. The Hall–Kier alpha value is -3.39. The van der Waals surface area contributed by atoms with Gasteiger partial charge in [0.2, 0.25) is 5.91 Å². The van der Waals surface area contributed by atoms with E-state index in [4.69, 9.17) is 21.4 Å². The molecule has 2 aromatic rings. The van der Waals surface area contributed by atoms with E-state index in [2.05, 4.69) is 5.32 Å². The van der Waals surface area contributed by atoms with Crippen molar-refractivity contribution in [1.29, 1.82) is 0 Å². The molecule has 0 spiro atoms. The highest BCUT2D eigenvalue weighted by Crippen LogP contribution is 2.35. The molecule has 1 aliphatic heterocycles. The van der Waals surface area contributed by atoms with Crippen LogP contribution in [-0.2, 0) is 14.3 Å². The fourth-order valence-corrected chi connectivity index (χ4v) is 4.93. The molecule has 0 saturated carbocycles. The van der Waals surface area contributed by atoms with E-state index in [1.165, 1.54) is 36.4 Å². The van der Waals surface area contributed by atoms with Crippen molar-refractivity contribution in [1.82, 2.24) is 4.90 Å². The highest BCUT2D eigenvalue weighted by atomic mass is 35.5. The quantitative estimate of drug-likeness (QED) is 0.141. The van der Waals surface area contributed by atoms with Gasteiger partial charge in [-0.05, 0) is 54.6 Å². The number of hydrogen-bond donors (Lipinski definition) is 2. The van der Waals surface area contributed by atoms with Crippen molar-refractivity contribution in [3.8, 4) is 0 Å². The normalized spacial score (nSPS) is 14.2. The Morgan fingerprint density at radius 2 is 2.03 bits per heavy atom. The van der Waals surface area contributed by atoms with Gasteiger partial charge >= 0.3 is 5.97 Å². The maximum atomic E-state index is 12.8. The second-order valence-corrected chi connectivity index (χ2v) is 9.82. The molecule has 11 nitrogen and oxygen atoms in total. The van der Waals surface area contributed by atoms with Crippen molar-refractivity contribution in [2.45, 2.75) is 11.8 Å². The third-order valence-electron chi connectivity index (χ3n) is 4.75. The number of imide groups is 1. The summed E-state index contributed by atoms with van der Waals surface area (Å²) in [6.07, 6.45) is 1.33. The smallest absolute Gasteiger partial charge is 0.339 e. The molecule has 2 N–H and O–H groups in total. The molecule has 1 saturated heterocycles. The van der Waals surface area contributed by atoms with Gasteiger partial charge in [-0.15, -0.1) is 11.8 Å². The predicted octanol–water partition coefficient (Wildman–Crippen LogP) is 4.18. The van der Waals surface area contributed by atoms with Crippen LogP contribution in [0.3, 0.4) is 0 Å². The molecule has 1 fully saturated rings. The lowest BCUT2D eigenvalue weighted by Gasteiger charge is -2.13. The molecule has 0 aliphatic carbocycles. The second-order valence-electron chi connectivity index (χ2n) is 7.29. The number of anilines is 1. The molecule has 1 aliphatic rings. The number of hydrogen-bond acceptors (Lipinski definition) is 10. The number of ether oxygens (including phenoxy) is 1. The summed E-state index contributed by atoms with van der Waals surface area (Å²) < 4.78 is 4.92. The van der Waals surface area contributed by atoms with Crippen molar-refractivity contribution in [2.24, 2.45) is 0 Å². The van der Waals surface area contributed by atoms with Crippen molar-refractivity contribution in [3.05, 3.63) is 67.6 Å². The van der Waals surface area contributed by atoms with Gasteiger partial charge in [-0.2, -0.15) is 0 Å². The van der Waals surface area contributed by atoms with E-state index in [9.17, 15) is 29.3 Å². The van der Waals surface area contributed by atoms with E-state index in [0.29, 0.717) is 22.2 Å². The second kappa shape index (κ2) is 12.7. The number of nitro benzene ring substituents is 1. The number of carbonyl (C=O) groups excluding carboxylic acids is 4. The minimum Gasteiger partial charge on any atom is -0.462 e. The number of esters is 1. The van der Waals surface area contributed by atoms with Crippen molar-refractivity contribution in [2.75, 3.05) is 30.8 Å². The van der Waals surface area contributed by atoms with Crippen LogP contribution in [-0.4, -0.2) is 63.5 Å². The number of nitrogens with zero attached hydrogens (tertiary/aromatic N) is 2. The van der Waals surface area contributed by atoms with Gasteiger partial charge in [-0.3, -0.25) is 29.4 Å². The summed E-state index contributed by atoms with van der Waals surface area (Å²) in [5, 5.41) is 22.3. The van der Waals surface area contributed by atoms with Crippen LogP contribution in [0.2, 0.25) is 5.02 Å². The van der Waals surface area contributed by atoms with Crippen LogP contribution in [0.4, 0.5) is 16.2 Å². The average molecular weight is 566 g/mol. The Morgan fingerprint density at radius 1 is 1.27 bits per heavy atom. The lowest BCUT2D eigenvalue weighted by atomic mass is 10.2. The number of thioether (sulfide) groups is 2. The molecule has 1 heterocycles. The Kier molecular flexibility index (Phi) is 9.69. The molecule has 0 bridgehead atoms. The lowest BCUT2D eigenvalue weighted by molar-refractivity contribution is -0.387. The Balaban J connectivity index is 1.72. The van der Waals surface area contributed by atoms with Crippen molar-refractivity contribution in [3.63, 3.8) is 0 Å². The zero-order valence-corrected chi connectivity index (χ0v) is 21.7. The number of amides is 3. The van der Waals surface area contributed by atoms with Gasteiger partial charge in [0.05, 0.1) is 38.5 Å². The third kappa shape index (κ3) is 7.10. The van der Waals surface area contributed by atoms with Gasteiger partial charge in [-0.1, -0.05) is 17.7 Å². The molecule has 0 atom stereocenters. The first-order chi connectivity index (χ1) is 17.6. The molecule has 0 aromatic heterocycles. The molecule has 3 amide bonds. The first kappa shape index (κ1) is 28.2. The van der Waals surface area contributed by atoms with Crippen molar-refractivity contribution < 1.29 is 33.9 Å². The van der Waals surface area contributed by atoms with Crippen LogP contribution in [0.5, 0.6) is 0 Å². The van der Waals surface area contributed by atoms with E-state index in [1.54, 1.807) is 13.0 Å². The molecule has 0 unspecified atom stereocenters. The molecule has 37 heavy (non-hydrogen) atoms. The molecule has 0 radical (unpaired) electrons. The summed E-state index contributed by atoms with van der Waals surface area (Å²) >= 11 is 7.73. The zero-order valence-electron chi connectivity index (χ0n) is 19.3. The lowest BCUT2D eigenvalue weighted by Crippen LogP contribution is -2.36. The fourth-order valence-electron chi connectivity index (χ4n) is 3.14. The molecule has 3 rings (SSSR count). The average Bonchev–Trinajstić information content (AvgIpc) is 3.11. The van der Waals surface area contributed by atoms with E-state index < -0.39 is 34.5 Å². The first-order valence-corrected chi connectivity index (χ1v) is 12.9. The van der Waals surface area contributed by atoms with Crippen LogP contribution < -0.4 is 5.32 Å². The summed E-state index contributed by atoms with van der Waals surface area (Å²) in [5.74, 6) is -1.81. The Morgan fingerprint density at radius 3 is 2.70 bits per heavy atom. The standard InChI is InChI=1S/C23H20ClN3O8S2/c1-2-35-22(31)15-11-14(4-5-16(15)24)25-20(29)12-26-21(30)19(37-23(26)32)10-13-3-6-18(36-8-7-28)17(9-13)27(33)34/h3-6,9-11,28H,2,7-8,12H2,1H3,(H,25,29). The Bertz CT molecular complexity index is 1300. The van der Waals surface area contributed by atoms with Gasteiger partial charge in [0.1, 0.15) is 6.54 Å². The minimum atomic E-state index is -0.727. The van der Waals surface area contributed by atoms with Crippen molar-refractivity contribution >= 4 is 75.6 Å². The number of rotatable bonds is 10. The van der Waals surface area contributed by atoms with Crippen LogP contribution >= 0.6 is 35.1 Å². The predicted molar refractivity (Wildman–Crippen MR) is 140 cm³/mol. The third-order valence-corrected chi connectivity index (χ3v) is 7.03. The molecular formula is C23H20ClN3O8S2. The first-order valence-electron chi connectivity index (χ1n) is 10.7. The number of aliphatic hydroxyl groups is 1. The van der Waals surface area contributed by atoms with Gasteiger partial charge in [0, 0.05) is 17.5 Å². The van der Waals surface area contributed by atoms with E-state index >= 15 is 0 Å². The zero-order chi connectivity index (χ0) is 27.1. The number of nitro groups is 1. The number of benzene rings is 2. The molecule has 2 aromatic carbocycles. The minimum absolute atomic E-state index is 0.000973. The highest BCUT2D eigenvalue weighted by Gasteiger charge is 2.36. The maximum Gasteiger partial charge on any atom is 0.339 e. The molecular weight excluding hydrogens is 546 g/mol. The summed E-state index contributed by atoms with van der Waals surface area (Å²) in [7, 11) is 0. The van der Waals surface area contributed by atoms with Crippen LogP contribution in [0.15, 0.2) is 46.2 Å². The van der Waals surface area contributed by atoms with E-state index in [-0.39, 0.29) is 45.8 Å². The topological polar surface area (TPSA) is 156 Å². The number of carbonyl (C=O) groups is 4. The number of halogens is 1. The van der Waals surface area contributed by atoms with Gasteiger partial charge in [-0.25, -0.2) is 4.79 Å². The summed E-state index contributed by atoms with van der Waals surface area (Å²) in [6, 6.07) is 8.49. The number of nitrogens with one attached hydrogen (secondary N) is 1. The van der Waals surface area contributed by atoms with Crippen LogP contribution in [0, 0.1) is 10.1 Å². The monoisotopic (exact) mass is 565 g/mol. The summed E-state index contributed by atoms with van der Waals surface area (Å²) in [6.45, 7) is 1.04. The largest absolute Gasteiger partial charge is 0.462 e. The van der Waals surface area contributed by atoms with Crippen LogP contribution in [0.25, 0.3) is 6.08 Å². The SMILES string of the molecule is CCOC(=O)c1cc(NC(=O)CN2C(=O)SC(=Cc3ccc(SCCO)c([N+](=O)[O-])c3)C2=O)ccc1Cl. The Labute approximate surface area is 224 Å². The van der Waals surface area contributed by atoms with E-state index in [1.807, 2.05) is 0 Å². The number of aliphatic hydroxyl groups excluding tert-OH is 1. The molecule has 194 valence electrons. The summed E-state index contributed by atoms with van der Waals surface area (Å²) in [5.41, 5.74) is 0.385. The summed E-state index contributed by atoms with van der Waals surface area (Å²) in [4.78, 5) is 61.7. The van der Waals surface area contributed by atoms with Gasteiger partial charge in [0.15, 0.2) is 0 Å².